The molecule has 0 aliphatic heterocycles. The number of halogens is 1. The molecule has 118 valence electrons. The molecule has 0 fully saturated rings. The number of rotatable bonds is 6. The van der Waals surface area contributed by atoms with Gasteiger partial charge in [-0.05, 0) is 30.5 Å². The summed E-state index contributed by atoms with van der Waals surface area (Å²) < 4.78 is 13.5. The van der Waals surface area contributed by atoms with Crippen molar-refractivity contribution in [3.05, 3.63) is 46.2 Å². The first-order valence-corrected chi connectivity index (χ1v) is 8.14. The van der Waals surface area contributed by atoms with Crippen LogP contribution in [0, 0.1) is 12.7 Å². The minimum absolute atomic E-state index is 0.198. The van der Waals surface area contributed by atoms with Gasteiger partial charge in [0.25, 0.3) is 0 Å². The summed E-state index contributed by atoms with van der Waals surface area (Å²) in [6.07, 6.45) is 4.31. The Kier molecular flexibility index (Phi) is 5.89. The van der Waals surface area contributed by atoms with Crippen LogP contribution in [-0.2, 0) is 6.42 Å². The third kappa shape index (κ3) is 4.80. The molecule has 0 saturated carbocycles. The normalized spacial score (nSPS) is 10.5. The molecule has 0 aliphatic carbocycles. The van der Waals surface area contributed by atoms with Gasteiger partial charge in [-0.2, -0.15) is 0 Å². The van der Waals surface area contributed by atoms with E-state index in [9.17, 15) is 9.18 Å². The van der Waals surface area contributed by atoms with Gasteiger partial charge in [0.1, 0.15) is 5.82 Å². The van der Waals surface area contributed by atoms with Gasteiger partial charge in [-0.3, -0.25) is 5.32 Å². The van der Waals surface area contributed by atoms with Crippen molar-refractivity contribution < 1.29 is 9.18 Å². The number of hydrogen-bond acceptors (Lipinski definition) is 3. The van der Waals surface area contributed by atoms with Gasteiger partial charge in [0.05, 0.1) is 0 Å². The number of hydrogen-bond donors (Lipinski definition) is 2. The fourth-order valence-electron chi connectivity index (χ4n) is 1.91. The number of carbonyl (C=O) groups is 1. The predicted octanol–water partition coefficient (Wildman–Crippen LogP) is 4.10. The Morgan fingerprint density at radius 2 is 2.23 bits per heavy atom. The molecule has 0 spiro atoms. The van der Waals surface area contributed by atoms with E-state index in [0.29, 0.717) is 23.7 Å². The summed E-state index contributed by atoms with van der Waals surface area (Å²) in [5, 5.41) is 6.03. The number of nitrogens with zero attached hydrogens (tertiary/aromatic N) is 1. The van der Waals surface area contributed by atoms with E-state index in [1.54, 1.807) is 25.3 Å². The van der Waals surface area contributed by atoms with E-state index in [2.05, 4.69) is 22.5 Å². The number of anilines is 1. The molecule has 6 heteroatoms. The summed E-state index contributed by atoms with van der Waals surface area (Å²) in [4.78, 5) is 16.8. The van der Waals surface area contributed by atoms with Crippen molar-refractivity contribution in [2.75, 3.05) is 11.9 Å². The van der Waals surface area contributed by atoms with Gasteiger partial charge >= 0.3 is 6.03 Å². The highest BCUT2D eigenvalue weighted by Crippen LogP contribution is 2.22. The molecule has 0 unspecified atom stereocenters. The van der Waals surface area contributed by atoms with Crippen LogP contribution in [0.4, 0.5) is 14.3 Å². The van der Waals surface area contributed by atoms with E-state index < -0.39 is 0 Å². The van der Waals surface area contributed by atoms with Crippen LogP contribution in [0.1, 0.15) is 35.8 Å². The molecule has 0 radical (unpaired) electrons. The molecule has 0 atom stereocenters. The molecule has 1 aromatic heterocycles. The molecule has 0 saturated heterocycles. The van der Waals surface area contributed by atoms with E-state index in [4.69, 9.17) is 0 Å². The smallest absolute Gasteiger partial charge is 0.321 e. The lowest BCUT2D eigenvalue weighted by atomic mass is 10.1. The number of carbonyl (C=O) groups excluding carboxylic acids is 1. The molecule has 0 aliphatic rings. The Hall–Kier alpha value is -1.95. The minimum Gasteiger partial charge on any atom is -0.338 e. The number of thiazole rings is 1. The fourth-order valence-corrected chi connectivity index (χ4v) is 2.76. The lowest BCUT2D eigenvalue weighted by Gasteiger charge is -2.03. The van der Waals surface area contributed by atoms with Crippen molar-refractivity contribution in [1.82, 2.24) is 10.3 Å². The Morgan fingerprint density at radius 1 is 1.41 bits per heavy atom. The van der Waals surface area contributed by atoms with Crippen molar-refractivity contribution in [3.63, 3.8) is 0 Å². The Bertz CT molecular complexity index is 642. The highest BCUT2D eigenvalue weighted by molar-refractivity contribution is 7.15. The zero-order valence-electron chi connectivity index (χ0n) is 12.8. The number of unbranched alkanes of at least 4 members (excludes halogenated alkanes) is 1. The number of benzene rings is 1. The van der Waals surface area contributed by atoms with Crippen molar-refractivity contribution in [2.45, 2.75) is 33.1 Å². The first-order chi connectivity index (χ1) is 10.6. The third-order valence-corrected chi connectivity index (χ3v) is 4.12. The zero-order chi connectivity index (χ0) is 15.9. The molecule has 1 heterocycles. The van der Waals surface area contributed by atoms with Crippen LogP contribution in [0.2, 0.25) is 0 Å². The maximum Gasteiger partial charge on any atom is 0.321 e. The maximum absolute atomic E-state index is 13.5. The number of aryl methyl sites for hydroxylation is 1. The molecule has 2 aromatic rings. The second-order valence-corrected chi connectivity index (χ2v) is 6.24. The minimum atomic E-state index is -0.240. The van der Waals surface area contributed by atoms with E-state index in [1.165, 1.54) is 11.3 Å². The number of amides is 2. The Balaban J connectivity index is 1.90. The highest BCUT2D eigenvalue weighted by Gasteiger charge is 2.07. The van der Waals surface area contributed by atoms with Gasteiger partial charge in [-0.15, -0.1) is 11.3 Å². The molecule has 22 heavy (non-hydrogen) atoms. The van der Waals surface area contributed by atoms with Crippen molar-refractivity contribution in [3.8, 4) is 0 Å². The van der Waals surface area contributed by atoms with E-state index >= 15 is 0 Å². The molecular weight excluding hydrogens is 301 g/mol. The van der Waals surface area contributed by atoms with Gasteiger partial charge in [0.2, 0.25) is 0 Å². The summed E-state index contributed by atoms with van der Waals surface area (Å²) in [6.45, 7) is 4.47. The summed E-state index contributed by atoms with van der Waals surface area (Å²) in [6, 6.07) is 4.98. The summed E-state index contributed by atoms with van der Waals surface area (Å²) in [5.74, 6) is -0.198. The van der Waals surface area contributed by atoms with E-state index in [1.807, 2.05) is 6.07 Å². The first kappa shape index (κ1) is 16.4. The van der Waals surface area contributed by atoms with Crippen molar-refractivity contribution in [2.24, 2.45) is 0 Å². The van der Waals surface area contributed by atoms with Crippen molar-refractivity contribution >= 4 is 22.5 Å². The largest absolute Gasteiger partial charge is 0.338 e. The SMILES string of the molecule is CCCCNC(=O)Nc1ncc(Cc2ccc(C)c(F)c2)s1. The van der Waals surface area contributed by atoms with E-state index in [0.717, 1.165) is 23.3 Å². The number of nitrogens with one attached hydrogen (secondary N) is 2. The summed E-state index contributed by atoms with van der Waals surface area (Å²) in [5.41, 5.74) is 1.53. The van der Waals surface area contributed by atoms with Crippen LogP contribution in [0.5, 0.6) is 0 Å². The molecular formula is C16H20FN3OS. The molecule has 2 amide bonds. The quantitative estimate of drug-likeness (QED) is 0.787. The zero-order valence-corrected chi connectivity index (χ0v) is 13.6. The Morgan fingerprint density at radius 3 is 2.95 bits per heavy atom. The average molecular weight is 321 g/mol. The van der Waals surface area contributed by atoms with Crippen LogP contribution in [0.15, 0.2) is 24.4 Å². The lowest BCUT2D eigenvalue weighted by molar-refractivity contribution is 0.252. The average Bonchev–Trinajstić information content (AvgIpc) is 2.90. The maximum atomic E-state index is 13.5. The predicted molar refractivity (Wildman–Crippen MR) is 88.0 cm³/mol. The second kappa shape index (κ2) is 7.89. The van der Waals surface area contributed by atoms with Gasteiger partial charge in [-0.1, -0.05) is 25.5 Å². The molecule has 0 bridgehead atoms. The lowest BCUT2D eigenvalue weighted by Crippen LogP contribution is -2.29. The second-order valence-electron chi connectivity index (χ2n) is 5.13. The van der Waals surface area contributed by atoms with Gasteiger partial charge in [0, 0.05) is 24.0 Å². The van der Waals surface area contributed by atoms with E-state index in [-0.39, 0.29) is 11.8 Å². The van der Waals surface area contributed by atoms with Crippen LogP contribution in [-0.4, -0.2) is 17.6 Å². The van der Waals surface area contributed by atoms with Gasteiger partial charge in [-0.25, -0.2) is 14.2 Å². The first-order valence-electron chi connectivity index (χ1n) is 7.33. The third-order valence-electron chi connectivity index (χ3n) is 3.20. The monoisotopic (exact) mass is 321 g/mol. The van der Waals surface area contributed by atoms with Gasteiger partial charge < -0.3 is 5.32 Å². The topological polar surface area (TPSA) is 54.0 Å². The summed E-state index contributed by atoms with van der Waals surface area (Å²) >= 11 is 1.40. The standard InChI is InChI=1S/C16H20FN3OS/c1-3-4-7-18-15(21)20-16-19-10-13(22-16)8-12-6-5-11(2)14(17)9-12/h5-6,9-10H,3-4,7-8H2,1-2H3,(H2,18,19,20,21). The van der Waals surface area contributed by atoms with Crippen molar-refractivity contribution in [1.29, 1.82) is 0 Å². The highest BCUT2D eigenvalue weighted by atomic mass is 32.1. The molecule has 4 nitrogen and oxygen atoms in total. The van der Waals surface area contributed by atoms with Gasteiger partial charge in [0.15, 0.2) is 5.13 Å². The van der Waals surface area contributed by atoms with Crippen LogP contribution < -0.4 is 10.6 Å². The number of urea groups is 1. The summed E-state index contributed by atoms with van der Waals surface area (Å²) in [7, 11) is 0. The van der Waals surface area contributed by atoms with Crippen LogP contribution >= 0.6 is 11.3 Å². The number of aromatic nitrogens is 1. The van der Waals surface area contributed by atoms with Crippen LogP contribution in [0.25, 0.3) is 0 Å². The molecule has 2 rings (SSSR count). The van der Waals surface area contributed by atoms with Crippen LogP contribution in [0.3, 0.4) is 0 Å². The fraction of sp³-hybridized carbons (Fsp3) is 0.375. The Labute approximate surface area is 133 Å². The molecule has 2 N–H and O–H groups in total. The molecule has 1 aromatic carbocycles.